The van der Waals surface area contributed by atoms with Crippen LogP contribution in [0, 0.1) is 12.8 Å². The molecule has 0 radical (unpaired) electrons. The lowest BCUT2D eigenvalue weighted by Gasteiger charge is -2.16. The summed E-state index contributed by atoms with van der Waals surface area (Å²) in [7, 11) is 0. The molecule has 1 aliphatic rings. The Morgan fingerprint density at radius 3 is 3.06 bits per heavy atom. The van der Waals surface area contributed by atoms with Gasteiger partial charge in [-0.1, -0.05) is 0 Å². The number of rotatable bonds is 3. The normalized spacial score (nSPS) is 24.3. The van der Waals surface area contributed by atoms with Gasteiger partial charge in [0.05, 0.1) is 19.3 Å². The van der Waals surface area contributed by atoms with Gasteiger partial charge in [-0.3, -0.25) is 4.79 Å². The fourth-order valence-electron chi connectivity index (χ4n) is 1.66. The number of hydrogen-bond donors (Lipinski definition) is 2. The summed E-state index contributed by atoms with van der Waals surface area (Å²) in [5.74, 6) is -0.731. The number of anilines is 1. The maximum Gasteiger partial charge on any atom is 0.311 e. The summed E-state index contributed by atoms with van der Waals surface area (Å²) in [6.45, 7) is 2.49. The van der Waals surface area contributed by atoms with Crippen molar-refractivity contribution in [2.24, 2.45) is 5.92 Å². The van der Waals surface area contributed by atoms with E-state index in [2.05, 4.69) is 15.3 Å². The molecule has 1 aromatic heterocycles. The molecule has 1 saturated heterocycles. The number of hydrogen-bond acceptors (Lipinski definition) is 5. The zero-order valence-corrected chi connectivity index (χ0v) is 8.88. The maximum atomic E-state index is 10.9. The Kier molecular flexibility index (Phi) is 3.00. The predicted octanol–water partition coefficient (Wildman–Crippen LogP) is 0.297. The van der Waals surface area contributed by atoms with Crippen molar-refractivity contribution >= 4 is 11.8 Å². The summed E-state index contributed by atoms with van der Waals surface area (Å²) in [5.41, 5.74) is 0.836. The van der Waals surface area contributed by atoms with E-state index in [1.54, 1.807) is 6.07 Å². The Bertz CT molecular complexity index is 397. The van der Waals surface area contributed by atoms with Gasteiger partial charge in [0, 0.05) is 11.8 Å². The molecule has 2 unspecified atom stereocenters. The van der Waals surface area contributed by atoms with Crippen LogP contribution in [-0.2, 0) is 9.53 Å². The first-order valence-corrected chi connectivity index (χ1v) is 5.02. The smallest absolute Gasteiger partial charge is 0.311 e. The van der Waals surface area contributed by atoms with E-state index >= 15 is 0 Å². The van der Waals surface area contributed by atoms with Crippen molar-refractivity contribution in [2.45, 2.75) is 13.0 Å². The van der Waals surface area contributed by atoms with Gasteiger partial charge in [0.15, 0.2) is 0 Å². The molecule has 0 spiro atoms. The molecular formula is C10H13N3O3. The highest BCUT2D eigenvalue weighted by atomic mass is 16.5. The van der Waals surface area contributed by atoms with Crippen LogP contribution in [0.2, 0.25) is 0 Å². The zero-order valence-electron chi connectivity index (χ0n) is 8.88. The molecule has 6 heteroatoms. The molecule has 2 heterocycles. The van der Waals surface area contributed by atoms with Gasteiger partial charge in [0.2, 0.25) is 0 Å². The largest absolute Gasteiger partial charge is 0.481 e. The first kappa shape index (κ1) is 10.8. The van der Waals surface area contributed by atoms with Gasteiger partial charge >= 0.3 is 5.97 Å². The van der Waals surface area contributed by atoms with Gasteiger partial charge in [-0.2, -0.15) is 0 Å². The molecule has 1 fully saturated rings. The standard InChI is InChI=1S/C10H13N3O3/c1-6-2-9(12-5-11-6)13-8-4-16-3-7(8)10(14)15/h2,5,7-8H,3-4H2,1H3,(H,14,15)(H,11,12,13). The monoisotopic (exact) mass is 223 g/mol. The van der Waals surface area contributed by atoms with Crippen molar-refractivity contribution < 1.29 is 14.6 Å². The lowest BCUT2D eigenvalue weighted by atomic mass is 10.0. The number of aromatic nitrogens is 2. The van der Waals surface area contributed by atoms with Crippen LogP contribution in [-0.4, -0.2) is 40.3 Å². The van der Waals surface area contributed by atoms with E-state index in [0.29, 0.717) is 12.4 Å². The summed E-state index contributed by atoms with van der Waals surface area (Å²) in [6.07, 6.45) is 1.45. The quantitative estimate of drug-likeness (QED) is 0.766. The Morgan fingerprint density at radius 2 is 2.38 bits per heavy atom. The lowest BCUT2D eigenvalue weighted by molar-refractivity contribution is -0.141. The SMILES string of the molecule is Cc1cc(NC2COCC2C(=O)O)ncn1. The van der Waals surface area contributed by atoms with E-state index in [-0.39, 0.29) is 12.6 Å². The summed E-state index contributed by atoms with van der Waals surface area (Å²) >= 11 is 0. The molecule has 86 valence electrons. The van der Waals surface area contributed by atoms with Crippen LogP contribution in [0.3, 0.4) is 0 Å². The van der Waals surface area contributed by atoms with Crippen LogP contribution >= 0.6 is 0 Å². The third kappa shape index (κ3) is 2.27. The molecule has 2 atom stereocenters. The molecule has 1 aromatic rings. The lowest BCUT2D eigenvalue weighted by Crippen LogP contribution is -2.33. The minimum absolute atomic E-state index is 0.230. The van der Waals surface area contributed by atoms with Crippen LogP contribution < -0.4 is 5.32 Å². The van der Waals surface area contributed by atoms with E-state index in [9.17, 15) is 4.79 Å². The molecule has 2 rings (SSSR count). The molecule has 0 aliphatic carbocycles. The molecule has 6 nitrogen and oxygen atoms in total. The van der Waals surface area contributed by atoms with Gasteiger partial charge in [-0.25, -0.2) is 9.97 Å². The van der Waals surface area contributed by atoms with Gasteiger partial charge in [-0.15, -0.1) is 0 Å². The Labute approximate surface area is 92.7 Å². The number of carboxylic acids is 1. The van der Waals surface area contributed by atoms with E-state index in [4.69, 9.17) is 9.84 Å². The van der Waals surface area contributed by atoms with Gasteiger partial charge < -0.3 is 15.2 Å². The van der Waals surface area contributed by atoms with E-state index in [1.165, 1.54) is 6.33 Å². The third-order valence-corrected chi connectivity index (χ3v) is 2.53. The highest BCUT2D eigenvalue weighted by molar-refractivity contribution is 5.72. The van der Waals surface area contributed by atoms with Gasteiger partial charge in [0.1, 0.15) is 18.1 Å². The summed E-state index contributed by atoms with van der Waals surface area (Å²) in [4.78, 5) is 18.9. The number of nitrogens with zero attached hydrogens (tertiary/aromatic N) is 2. The number of nitrogens with one attached hydrogen (secondary N) is 1. The van der Waals surface area contributed by atoms with Crippen molar-refractivity contribution in [1.82, 2.24) is 9.97 Å². The fourth-order valence-corrected chi connectivity index (χ4v) is 1.66. The first-order chi connectivity index (χ1) is 7.66. The second-order valence-corrected chi connectivity index (χ2v) is 3.78. The average Bonchev–Trinajstić information content (AvgIpc) is 2.66. The number of ether oxygens (including phenoxy) is 1. The third-order valence-electron chi connectivity index (χ3n) is 2.53. The number of aryl methyl sites for hydroxylation is 1. The molecule has 0 saturated carbocycles. The number of carbonyl (C=O) groups is 1. The second-order valence-electron chi connectivity index (χ2n) is 3.78. The molecule has 1 aliphatic heterocycles. The van der Waals surface area contributed by atoms with Gasteiger partial charge in [0.25, 0.3) is 0 Å². The van der Waals surface area contributed by atoms with Crippen LogP contribution in [0.25, 0.3) is 0 Å². The summed E-state index contributed by atoms with van der Waals surface area (Å²) < 4.78 is 5.15. The highest BCUT2D eigenvalue weighted by Crippen LogP contribution is 2.18. The van der Waals surface area contributed by atoms with Crippen molar-refractivity contribution in [1.29, 1.82) is 0 Å². The summed E-state index contributed by atoms with van der Waals surface area (Å²) in [5, 5.41) is 12.0. The van der Waals surface area contributed by atoms with Crippen molar-refractivity contribution in [2.75, 3.05) is 18.5 Å². The van der Waals surface area contributed by atoms with Crippen LogP contribution in [0.5, 0.6) is 0 Å². The molecule has 16 heavy (non-hydrogen) atoms. The number of carboxylic acid groups (broad SMARTS) is 1. The minimum Gasteiger partial charge on any atom is -0.481 e. The van der Waals surface area contributed by atoms with E-state index < -0.39 is 11.9 Å². The van der Waals surface area contributed by atoms with E-state index in [0.717, 1.165) is 5.69 Å². The molecule has 0 amide bonds. The van der Waals surface area contributed by atoms with Crippen molar-refractivity contribution in [3.05, 3.63) is 18.1 Å². The second kappa shape index (κ2) is 4.44. The van der Waals surface area contributed by atoms with Crippen molar-refractivity contribution in [3.8, 4) is 0 Å². The Balaban J connectivity index is 2.06. The predicted molar refractivity (Wildman–Crippen MR) is 56.1 cm³/mol. The molecular weight excluding hydrogens is 210 g/mol. The van der Waals surface area contributed by atoms with Crippen LogP contribution in [0.1, 0.15) is 5.69 Å². The topological polar surface area (TPSA) is 84.3 Å². The Morgan fingerprint density at radius 1 is 1.56 bits per heavy atom. The fraction of sp³-hybridized carbons (Fsp3) is 0.500. The van der Waals surface area contributed by atoms with Crippen LogP contribution in [0.4, 0.5) is 5.82 Å². The Hall–Kier alpha value is -1.69. The molecule has 0 bridgehead atoms. The zero-order chi connectivity index (χ0) is 11.5. The number of aliphatic carboxylic acids is 1. The first-order valence-electron chi connectivity index (χ1n) is 5.02. The summed E-state index contributed by atoms with van der Waals surface area (Å²) in [6, 6.07) is 1.55. The van der Waals surface area contributed by atoms with Crippen LogP contribution in [0.15, 0.2) is 12.4 Å². The minimum atomic E-state index is -0.847. The maximum absolute atomic E-state index is 10.9. The van der Waals surface area contributed by atoms with Gasteiger partial charge in [-0.05, 0) is 6.92 Å². The molecule has 2 N–H and O–H groups in total. The average molecular weight is 223 g/mol. The van der Waals surface area contributed by atoms with Crippen molar-refractivity contribution in [3.63, 3.8) is 0 Å². The van der Waals surface area contributed by atoms with E-state index in [1.807, 2.05) is 6.92 Å². The highest BCUT2D eigenvalue weighted by Gasteiger charge is 2.34. The molecule has 0 aromatic carbocycles.